The third-order valence-corrected chi connectivity index (χ3v) is 8.75. The van der Waals surface area contributed by atoms with E-state index in [1.807, 2.05) is 0 Å². The molecule has 0 aliphatic rings. The van der Waals surface area contributed by atoms with Crippen LogP contribution in [-0.4, -0.2) is 4.57 Å². The van der Waals surface area contributed by atoms with Crippen LogP contribution in [0, 0.1) is 0 Å². The maximum Gasteiger partial charge on any atom is 0.0626 e. The highest BCUT2D eigenvalue weighted by Crippen LogP contribution is 2.45. The standard InChI is InChI=1S/C40H25N/c1-3-15-28-26(12-1)14-11-21-30(28)31-17-7-9-22-36(31)41-37-23-10-8-20-34(37)39-35-25-24-27-13-2-4-16-29(27)38(35)32-18-5-6-19-33(32)40(39)41/h1-25H. The topological polar surface area (TPSA) is 4.93 Å². The molecule has 0 fully saturated rings. The Morgan fingerprint density at radius 1 is 0.317 bits per heavy atom. The maximum absolute atomic E-state index is 2.51. The van der Waals surface area contributed by atoms with Gasteiger partial charge in [0, 0.05) is 21.7 Å². The van der Waals surface area contributed by atoms with Gasteiger partial charge >= 0.3 is 0 Å². The van der Waals surface area contributed by atoms with Gasteiger partial charge in [0.15, 0.2) is 0 Å². The number of nitrogens with zero attached hydrogens (tertiary/aromatic N) is 1. The summed E-state index contributed by atoms with van der Waals surface area (Å²) in [6.45, 7) is 0. The van der Waals surface area contributed by atoms with E-state index in [0.717, 1.165) is 0 Å². The molecule has 0 N–H and O–H groups in total. The highest BCUT2D eigenvalue weighted by Gasteiger charge is 2.21. The molecule has 0 saturated carbocycles. The highest BCUT2D eigenvalue weighted by atomic mass is 15.0. The minimum Gasteiger partial charge on any atom is -0.308 e. The van der Waals surface area contributed by atoms with E-state index in [9.17, 15) is 0 Å². The number of rotatable bonds is 2. The van der Waals surface area contributed by atoms with Gasteiger partial charge in [-0.2, -0.15) is 0 Å². The summed E-state index contributed by atoms with van der Waals surface area (Å²) in [5.74, 6) is 0. The van der Waals surface area contributed by atoms with Crippen molar-refractivity contribution in [3.8, 4) is 16.8 Å². The summed E-state index contributed by atoms with van der Waals surface area (Å²) in [4.78, 5) is 0. The molecular weight excluding hydrogens is 494 g/mol. The van der Waals surface area contributed by atoms with Gasteiger partial charge in [0.25, 0.3) is 0 Å². The van der Waals surface area contributed by atoms with Crippen molar-refractivity contribution in [3.05, 3.63) is 152 Å². The van der Waals surface area contributed by atoms with Gasteiger partial charge < -0.3 is 4.57 Å². The van der Waals surface area contributed by atoms with Gasteiger partial charge in [0.2, 0.25) is 0 Å². The second-order valence-corrected chi connectivity index (χ2v) is 10.9. The van der Waals surface area contributed by atoms with Crippen LogP contribution in [-0.2, 0) is 0 Å². The third-order valence-electron chi connectivity index (χ3n) is 8.75. The van der Waals surface area contributed by atoms with Crippen LogP contribution in [0.25, 0.3) is 81.7 Å². The number of fused-ring (bicyclic) bond motifs is 11. The predicted molar refractivity (Wildman–Crippen MR) is 176 cm³/mol. The molecule has 0 aliphatic heterocycles. The minimum atomic E-state index is 1.19. The Kier molecular flexibility index (Phi) is 4.67. The second-order valence-electron chi connectivity index (χ2n) is 10.9. The molecule has 0 spiro atoms. The molecule has 1 nitrogen and oxygen atoms in total. The van der Waals surface area contributed by atoms with E-state index in [-0.39, 0.29) is 0 Å². The van der Waals surface area contributed by atoms with E-state index in [4.69, 9.17) is 0 Å². The van der Waals surface area contributed by atoms with Crippen LogP contribution >= 0.6 is 0 Å². The normalized spacial score (nSPS) is 11.9. The Morgan fingerprint density at radius 2 is 0.902 bits per heavy atom. The lowest BCUT2D eigenvalue weighted by atomic mass is 9.92. The number of benzene rings is 8. The maximum atomic E-state index is 2.51. The number of aromatic nitrogens is 1. The lowest BCUT2D eigenvalue weighted by Gasteiger charge is -2.17. The van der Waals surface area contributed by atoms with Crippen LogP contribution in [0.15, 0.2) is 152 Å². The van der Waals surface area contributed by atoms with E-state index >= 15 is 0 Å². The lowest BCUT2D eigenvalue weighted by molar-refractivity contribution is 1.19. The first kappa shape index (κ1) is 22.4. The van der Waals surface area contributed by atoms with Crippen LogP contribution in [0.1, 0.15) is 0 Å². The number of hydrogen-bond acceptors (Lipinski definition) is 0. The molecule has 9 rings (SSSR count). The van der Waals surface area contributed by atoms with E-state index in [1.165, 1.54) is 81.7 Å². The first-order valence-electron chi connectivity index (χ1n) is 14.2. The first-order chi connectivity index (χ1) is 20.4. The minimum absolute atomic E-state index is 1.19. The van der Waals surface area contributed by atoms with Crippen molar-refractivity contribution in [1.29, 1.82) is 0 Å². The summed E-state index contributed by atoms with van der Waals surface area (Å²) in [6, 6.07) is 55.4. The van der Waals surface area contributed by atoms with Crippen molar-refractivity contribution in [3.63, 3.8) is 0 Å². The van der Waals surface area contributed by atoms with Gasteiger partial charge in [0.05, 0.1) is 16.7 Å². The average molecular weight is 520 g/mol. The molecule has 1 heteroatoms. The molecule has 1 aromatic heterocycles. The second kappa shape index (κ2) is 8.55. The summed E-state index contributed by atoms with van der Waals surface area (Å²) in [5, 5.41) is 12.9. The van der Waals surface area contributed by atoms with Gasteiger partial charge in [-0.3, -0.25) is 0 Å². The Bertz CT molecular complexity index is 2470. The number of para-hydroxylation sites is 2. The first-order valence-corrected chi connectivity index (χ1v) is 14.2. The molecule has 8 aromatic carbocycles. The molecule has 0 radical (unpaired) electrons. The molecule has 1 heterocycles. The largest absolute Gasteiger partial charge is 0.308 e. The van der Waals surface area contributed by atoms with Crippen LogP contribution in [0.3, 0.4) is 0 Å². The average Bonchev–Trinajstić information content (AvgIpc) is 3.40. The van der Waals surface area contributed by atoms with Gasteiger partial charge in [-0.05, 0) is 55.4 Å². The van der Waals surface area contributed by atoms with Crippen LogP contribution in [0.4, 0.5) is 0 Å². The summed E-state index contributed by atoms with van der Waals surface area (Å²) in [6.07, 6.45) is 0. The van der Waals surface area contributed by atoms with E-state index in [2.05, 4.69) is 156 Å². The van der Waals surface area contributed by atoms with Gasteiger partial charge in [-0.1, -0.05) is 140 Å². The zero-order chi connectivity index (χ0) is 26.9. The zero-order valence-corrected chi connectivity index (χ0v) is 22.4. The Labute approximate surface area is 237 Å². The molecule has 190 valence electrons. The quantitative estimate of drug-likeness (QED) is 0.200. The van der Waals surface area contributed by atoms with E-state index in [0.29, 0.717) is 0 Å². The van der Waals surface area contributed by atoms with Crippen LogP contribution in [0.5, 0.6) is 0 Å². The summed E-state index contributed by atoms with van der Waals surface area (Å²) < 4.78 is 2.51. The Balaban J connectivity index is 1.52. The lowest BCUT2D eigenvalue weighted by Crippen LogP contribution is -1.98. The molecule has 0 amide bonds. The molecule has 0 aliphatic carbocycles. The van der Waals surface area contributed by atoms with Crippen molar-refractivity contribution >= 4 is 64.9 Å². The zero-order valence-electron chi connectivity index (χ0n) is 22.4. The highest BCUT2D eigenvalue weighted by molar-refractivity contribution is 6.36. The van der Waals surface area contributed by atoms with Crippen molar-refractivity contribution in [2.75, 3.05) is 0 Å². The Hall–Kier alpha value is -5.40. The van der Waals surface area contributed by atoms with E-state index in [1.54, 1.807) is 0 Å². The predicted octanol–water partition coefficient (Wildman–Crippen LogP) is 11.1. The van der Waals surface area contributed by atoms with Gasteiger partial charge in [-0.15, -0.1) is 0 Å². The van der Waals surface area contributed by atoms with Crippen molar-refractivity contribution in [2.45, 2.75) is 0 Å². The van der Waals surface area contributed by atoms with Crippen LogP contribution in [0.2, 0.25) is 0 Å². The fourth-order valence-corrected chi connectivity index (χ4v) is 7.05. The fourth-order valence-electron chi connectivity index (χ4n) is 7.05. The fraction of sp³-hybridized carbons (Fsp3) is 0. The molecule has 0 bridgehead atoms. The third kappa shape index (κ3) is 3.12. The monoisotopic (exact) mass is 519 g/mol. The van der Waals surface area contributed by atoms with Crippen LogP contribution < -0.4 is 0 Å². The number of hydrogen-bond donors (Lipinski definition) is 0. The smallest absolute Gasteiger partial charge is 0.0626 e. The van der Waals surface area contributed by atoms with Crippen molar-refractivity contribution in [2.24, 2.45) is 0 Å². The van der Waals surface area contributed by atoms with E-state index < -0.39 is 0 Å². The molecule has 9 aromatic rings. The SMILES string of the molecule is c1ccc(-n2c3ccccc3c3c4ccc5ccccc5c4c4ccccc4c32)c(-c2cccc3ccccc23)c1. The summed E-state index contributed by atoms with van der Waals surface area (Å²) in [5.41, 5.74) is 6.16. The van der Waals surface area contributed by atoms with Gasteiger partial charge in [-0.25, -0.2) is 0 Å². The summed E-state index contributed by atoms with van der Waals surface area (Å²) >= 11 is 0. The molecule has 0 saturated heterocycles. The van der Waals surface area contributed by atoms with Crippen molar-refractivity contribution < 1.29 is 0 Å². The Morgan fingerprint density at radius 3 is 1.76 bits per heavy atom. The van der Waals surface area contributed by atoms with Crippen molar-refractivity contribution in [1.82, 2.24) is 4.57 Å². The molecular formula is C40H25N. The summed E-state index contributed by atoms with van der Waals surface area (Å²) in [7, 11) is 0. The molecule has 0 unspecified atom stereocenters. The van der Waals surface area contributed by atoms with Gasteiger partial charge in [0.1, 0.15) is 0 Å². The molecule has 41 heavy (non-hydrogen) atoms. The molecule has 0 atom stereocenters.